The highest BCUT2D eigenvalue weighted by Crippen LogP contribution is 2.36. The molecule has 0 radical (unpaired) electrons. The number of hydrogen-bond acceptors (Lipinski definition) is 5. The number of aromatic nitrogens is 2. The van der Waals surface area contributed by atoms with Crippen LogP contribution in [0.3, 0.4) is 0 Å². The van der Waals surface area contributed by atoms with Crippen molar-refractivity contribution in [1.29, 1.82) is 0 Å². The summed E-state index contributed by atoms with van der Waals surface area (Å²) < 4.78 is 44.6. The lowest BCUT2D eigenvalue weighted by atomic mass is 10.1. The summed E-state index contributed by atoms with van der Waals surface area (Å²) in [6.07, 6.45) is -6.85. The Morgan fingerprint density at radius 2 is 1.82 bits per heavy atom. The van der Waals surface area contributed by atoms with Crippen LogP contribution in [0.2, 0.25) is 5.15 Å². The number of benzene rings is 1. The molecule has 0 spiro atoms. The molecule has 5 nitrogen and oxygen atoms in total. The first-order valence-corrected chi connectivity index (χ1v) is 6.49. The van der Waals surface area contributed by atoms with E-state index in [0.29, 0.717) is 5.56 Å². The van der Waals surface area contributed by atoms with Gasteiger partial charge in [0.1, 0.15) is 5.15 Å². The Morgan fingerprint density at radius 1 is 1.18 bits per heavy atom. The van der Waals surface area contributed by atoms with E-state index in [1.807, 2.05) is 0 Å². The molecule has 0 bridgehead atoms. The predicted octanol–water partition coefficient (Wildman–Crippen LogP) is 2.85. The number of anilines is 1. The molecule has 1 atom stereocenters. The highest BCUT2D eigenvalue weighted by molar-refractivity contribution is 6.29. The molecule has 4 N–H and O–H groups in total. The van der Waals surface area contributed by atoms with Crippen molar-refractivity contribution in [1.82, 2.24) is 9.97 Å². The fourth-order valence-electron chi connectivity index (χ4n) is 1.75. The fraction of sp³-hybridized carbons (Fsp3) is 0.231. The van der Waals surface area contributed by atoms with Gasteiger partial charge < -0.3 is 16.2 Å². The molecule has 1 aromatic carbocycles. The van der Waals surface area contributed by atoms with Crippen molar-refractivity contribution in [2.75, 3.05) is 5.73 Å². The zero-order valence-electron chi connectivity index (χ0n) is 11.1. The number of ether oxygens (including phenoxy) is 1. The third-order valence-electron chi connectivity index (χ3n) is 2.74. The van der Waals surface area contributed by atoms with Crippen molar-refractivity contribution in [3.63, 3.8) is 0 Å². The Bertz CT molecular complexity index is 628. The van der Waals surface area contributed by atoms with Crippen LogP contribution < -0.4 is 16.2 Å². The summed E-state index contributed by atoms with van der Waals surface area (Å²) in [5.41, 5.74) is 11.4. The number of hydrogen-bond donors (Lipinski definition) is 2. The minimum Gasteiger partial charge on any atom is -0.460 e. The molecule has 1 unspecified atom stereocenters. The first-order chi connectivity index (χ1) is 10.3. The van der Waals surface area contributed by atoms with Crippen LogP contribution in [0.1, 0.15) is 17.2 Å². The molecular weight excluding hydrogens is 321 g/mol. The largest absolute Gasteiger partial charge is 0.460 e. The van der Waals surface area contributed by atoms with Crippen LogP contribution in [0, 0.1) is 0 Å². The highest BCUT2D eigenvalue weighted by atomic mass is 35.5. The monoisotopic (exact) mass is 332 g/mol. The molecule has 1 aromatic heterocycles. The summed E-state index contributed by atoms with van der Waals surface area (Å²) in [5.74, 6) is -0.635. The van der Waals surface area contributed by atoms with Crippen molar-refractivity contribution in [3.8, 4) is 5.88 Å². The lowest BCUT2D eigenvalue weighted by molar-refractivity contribution is -0.198. The number of halogens is 4. The molecule has 9 heteroatoms. The summed E-state index contributed by atoms with van der Waals surface area (Å²) in [6, 6.07) is 6.65. The van der Waals surface area contributed by atoms with E-state index in [0.717, 1.165) is 6.07 Å². The smallest absolute Gasteiger partial charge is 0.429 e. The number of nitrogens with zero attached hydrogens (tertiary/aromatic N) is 2. The van der Waals surface area contributed by atoms with E-state index >= 15 is 0 Å². The molecule has 0 saturated heterocycles. The van der Waals surface area contributed by atoms with Gasteiger partial charge in [0.05, 0.1) is 0 Å². The van der Waals surface area contributed by atoms with E-state index < -0.39 is 12.3 Å². The van der Waals surface area contributed by atoms with Gasteiger partial charge in [0.15, 0.2) is 0 Å². The van der Waals surface area contributed by atoms with E-state index in [4.69, 9.17) is 27.8 Å². The van der Waals surface area contributed by atoms with Crippen LogP contribution in [0.5, 0.6) is 5.88 Å². The molecule has 0 aliphatic rings. The van der Waals surface area contributed by atoms with Gasteiger partial charge in [-0.05, 0) is 5.56 Å². The third kappa shape index (κ3) is 3.99. The normalized spacial score (nSPS) is 13.0. The molecule has 0 fully saturated rings. The fourth-order valence-corrected chi connectivity index (χ4v) is 1.93. The molecule has 0 aliphatic carbocycles. The maximum absolute atomic E-state index is 13.2. The number of nitrogens with two attached hydrogens (primary N) is 2. The average molecular weight is 333 g/mol. The van der Waals surface area contributed by atoms with Gasteiger partial charge in [-0.2, -0.15) is 18.2 Å². The van der Waals surface area contributed by atoms with Crippen molar-refractivity contribution >= 4 is 17.5 Å². The van der Waals surface area contributed by atoms with Gasteiger partial charge in [-0.3, -0.25) is 0 Å². The quantitative estimate of drug-likeness (QED) is 0.841. The molecule has 1 heterocycles. The van der Waals surface area contributed by atoms with E-state index in [1.54, 1.807) is 0 Å². The van der Waals surface area contributed by atoms with Gasteiger partial charge in [0, 0.05) is 18.2 Å². The summed E-state index contributed by atoms with van der Waals surface area (Å²) in [4.78, 5) is 7.14. The van der Waals surface area contributed by atoms with Crippen LogP contribution >= 0.6 is 11.6 Å². The zero-order chi connectivity index (χ0) is 16.3. The highest BCUT2D eigenvalue weighted by Gasteiger charge is 2.43. The van der Waals surface area contributed by atoms with E-state index in [1.165, 1.54) is 24.3 Å². The summed E-state index contributed by atoms with van der Waals surface area (Å²) >= 11 is 5.63. The van der Waals surface area contributed by atoms with E-state index in [-0.39, 0.29) is 29.1 Å². The maximum atomic E-state index is 13.2. The summed E-state index contributed by atoms with van der Waals surface area (Å²) in [7, 11) is 0. The van der Waals surface area contributed by atoms with E-state index in [9.17, 15) is 13.2 Å². The molecule has 0 aliphatic heterocycles. The Labute approximate surface area is 129 Å². The van der Waals surface area contributed by atoms with Crippen molar-refractivity contribution in [2.24, 2.45) is 5.73 Å². The van der Waals surface area contributed by atoms with Gasteiger partial charge in [-0.15, -0.1) is 0 Å². The average Bonchev–Trinajstić information content (AvgIpc) is 2.43. The SMILES string of the molecule is NCc1ccc(C(Oc2cc(Cl)nc(N)n2)C(F)(F)F)cc1. The minimum absolute atomic E-state index is 0.0852. The molecule has 22 heavy (non-hydrogen) atoms. The van der Waals surface area contributed by atoms with Gasteiger partial charge in [-0.1, -0.05) is 35.9 Å². The Balaban J connectivity index is 2.33. The number of nitrogen functional groups attached to an aromatic ring is 1. The Morgan fingerprint density at radius 3 is 2.32 bits per heavy atom. The molecule has 2 aromatic rings. The lowest BCUT2D eigenvalue weighted by Crippen LogP contribution is -2.26. The van der Waals surface area contributed by atoms with Gasteiger partial charge in [-0.25, -0.2) is 4.98 Å². The Kier molecular flexibility index (Phi) is 4.72. The van der Waals surface area contributed by atoms with Crippen molar-refractivity contribution in [2.45, 2.75) is 18.8 Å². The standard InChI is InChI=1S/C13H12ClF3N4O/c14-9-5-10(21-12(19)20-9)22-11(13(15,16)17)8-3-1-7(6-18)2-4-8/h1-5,11H,6,18H2,(H2,19,20,21). The minimum atomic E-state index is -4.64. The topological polar surface area (TPSA) is 87.0 Å². The van der Waals surface area contributed by atoms with Crippen molar-refractivity contribution in [3.05, 3.63) is 46.6 Å². The van der Waals surface area contributed by atoms with Crippen LogP contribution in [0.15, 0.2) is 30.3 Å². The van der Waals surface area contributed by atoms with Crippen LogP contribution in [0.25, 0.3) is 0 Å². The lowest BCUT2D eigenvalue weighted by Gasteiger charge is -2.21. The number of alkyl halides is 3. The first kappa shape index (κ1) is 16.3. The summed E-state index contributed by atoms with van der Waals surface area (Å²) in [5, 5.41) is -0.109. The third-order valence-corrected chi connectivity index (χ3v) is 2.94. The van der Waals surface area contributed by atoms with Gasteiger partial charge in [0.25, 0.3) is 0 Å². The first-order valence-electron chi connectivity index (χ1n) is 6.12. The van der Waals surface area contributed by atoms with Crippen LogP contribution in [-0.2, 0) is 6.54 Å². The number of rotatable bonds is 4. The van der Waals surface area contributed by atoms with E-state index in [2.05, 4.69) is 9.97 Å². The summed E-state index contributed by atoms with van der Waals surface area (Å²) in [6.45, 7) is 0.232. The maximum Gasteiger partial charge on any atom is 0.429 e. The molecule has 118 valence electrons. The Hall–Kier alpha value is -2.06. The van der Waals surface area contributed by atoms with Gasteiger partial charge >= 0.3 is 6.18 Å². The second-order valence-electron chi connectivity index (χ2n) is 4.37. The zero-order valence-corrected chi connectivity index (χ0v) is 11.9. The second-order valence-corrected chi connectivity index (χ2v) is 4.76. The van der Waals surface area contributed by atoms with Crippen molar-refractivity contribution < 1.29 is 17.9 Å². The molecule has 0 amide bonds. The molecule has 0 saturated carbocycles. The van der Waals surface area contributed by atoms with Crippen LogP contribution in [0.4, 0.5) is 19.1 Å². The van der Waals surface area contributed by atoms with Gasteiger partial charge in [0.2, 0.25) is 17.9 Å². The molecular formula is C13H12ClF3N4O. The predicted molar refractivity (Wildman–Crippen MR) is 75.2 cm³/mol. The van der Waals surface area contributed by atoms with Crippen LogP contribution in [-0.4, -0.2) is 16.1 Å². The molecule has 2 rings (SSSR count). The second kappa shape index (κ2) is 6.37.